The Morgan fingerprint density at radius 3 is 2.06 bits per heavy atom. The fraction of sp³-hybridized carbons (Fsp3) is 0.278. The largest absolute Gasteiger partial charge is 0.497 e. The van der Waals surface area contributed by atoms with Gasteiger partial charge in [0.25, 0.3) is 10.0 Å². The maximum Gasteiger partial charge on any atom is 0.264 e. The Hall–Kier alpha value is -4.54. The highest BCUT2D eigenvalue weighted by molar-refractivity contribution is 7.92. The summed E-state index contributed by atoms with van der Waals surface area (Å²) < 4.78 is 40.0. The number of sulfonamides is 1. The van der Waals surface area contributed by atoms with E-state index in [2.05, 4.69) is 5.32 Å². The predicted octanol–water partition coefficient (Wildman–Crippen LogP) is 5.96. The third kappa shape index (κ3) is 9.49. The molecule has 2 amide bonds. The first-order valence-electron chi connectivity index (χ1n) is 15.2. The van der Waals surface area contributed by atoms with Crippen molar-refractivity contribution >= 4 is 39.1 Å². The lowest BCUT2D eigenvalue weighted by atomic mass is 10.0. The number of methoxy groups -OCH3 is 2. The third-order valence-electron chi connectivity index (χ3n) is 7.48. The molecule has 0 saturated carbocycles. The predicted molar refractivity (Wildman–Crippen MR) is 184 cm³/mol. The van der Waals surface area contributed by atoms with Crippen LogP contribution in [0.2, 0.25) is 5.02 Å². The minimum Gasteiger partial charge on any atom is -0.497 e. The van der Waals surface area contributed by atoms with E-state index < -0.39 is 28.5 Å². The molecule has 0 aliphatic heterocycles. The number of rotatable bonds is 15. The number of hydrogen-bond acceptors (Lipinski definition) is 6. The Morgan fingerprint density at radius 2 is 1.45 bits per heavy atom. The smallest absolute Gasteiger partial charge is 0.264 e. The van der Waals surface area contributed by atoms with Gasteiger partial charge in [0.15, 0.2) is 0 Å². The van der Waals surface area contributed by atoms with Crippen molar-refractivity contribution in [2.75, 3.05) is 31.6 Å². The molecule has 0 aromatic heterocycles. The first-order chi connectivity index (χ1) is 22.5. The number of carbonyl (C=O) groups excluding carboxylic acids is 2. The highest BCUT2D eigenvalue weighted by atomic mass is 35.5. The van der Waals surface area contributed by atoms with Gasteiger partial charge in [-0.3, -0.25) is 13.9 Å². The van der Waals surface area contributed by atoms with Gasteiger partial charge in [-0.2, -0.15) is 0 Å². The SMILES string of the molecule is COc1ccc(S(=O)(=O)N(CC(=O)N(Cc2cccc(OC)c2)[C@@H](Cc2ccccc2)C(=O)NCC(C)C)c2ccc(Cl)cc2)cc1. The molecule has 0 aliphatic rings. The number of benzene rings is 4. The second-order valence-electron chi connectivity index (χ2n) is 11.4. The third-order valence-corrected chi connectivity index (χ3v) is 9.52. The lowest BCUT2D eigenvalue weighted by Crippen LogP contribution is -2.53. The zero-order valence-electron chi connectivity index (χ0n) is 26.9. The average Bonchev–Trinajstić information content (AvgIpc) is 3.08. The maximum atomic E-state index is 14.6. The van der Waals surface area contributed by atoms with Gasteiger partial charge < -0.3 is 19.7 Å². The quantitative estimate of drug-likeness (QED) is 0.166. The van der Waals surface area contributed by atoms with E-state index in [0.29, 0.717) is 28.6 Å². The molecule has 4 rings (SSSR count). The number of hydrogen-bond donors (Lipinski definition) is 1. The van der Waals surface area contributed by atoms with Crippen LogP contribution in [0, 0.1) is 5.92 Å². The summed E-state index contributed by atoms with van der Waals surface area (Å²) >= 11 is 6.15. The minimum atomic E-state index is -4.26. The summed E-state index contributed by atoms with van der Waals surface area (Å²) in [4.78, 5) is 29.9. The molecule has 248 valence electrons. The summed E-state index contributed by atoms with van der Waals surface area (Å²) in [6, 6.07) is 27.8. The van der Waals surface area contributed by atoms with Gasteiger partial charge in [-0.15, -0.1) is 0 Å². The summed E-state index contributed by atoms with van der Waals surface area (Å²) in [5, 5.41) is 3.40. The average molecular weight is 678 g/mol. The van der Waals surface area contributed by atoms with E-state index in [1.807, 2.05) is 50.2 Å². The van der Waals surface area contributed by atoms with Crippen LogP contribution in [-0.4, -0.2) is 58.5 Å². The molecule has 1 N–H and O–H groups in total. The fourth-order valence-corrected chi connectivity index (χ4v) is 6.50. The number of halogens is 1. The van der Waals surface area contributed by atoms with Gasteiger partial charge in [-0.1, -0.05) is 67.9 Å². The molecule has 0 radical (unpaired) electrons. The summed E-state index contributed by atoms with van der Waals surface area (Å²) in [5.74, 6) is 0.339. The molecule has 0 saturated heterocycles. The van der Waals surface area contributed by atoms with Crippen molar-refractivity contribution in [2.24, 2.45) is 5.92 Å². The van der Waals surface area contributed by atoms with Crippen molar-refractivity contribution in [1.82, 2.24) is 10.2 Å². The molecular formula is C36H40ClN3O6S. The standard InChI is InChI=1S/C36H40ClN3O6S/c1-26(2)23-38-36(42)34(22-27-9-6-5-7-10-27)39(24-28-11-8-12-32(21-28)46-4)35(41)25-40(30-15-13-29(37)14-16-30)47(43,44)33-19-17-31(45-3)18-20-33/h5-21,26,34H,22-25H2,1-4H3,(H,38,42)/t34-/m0/s1. The van der Waals surface area contributed by atoms with Crippen LogP contribution in [0.5, 0.6) is 11.5 Å². The number of anilines is 1. The van der Waals surface area contributed by atoms with Crippen molar-refractivity contribution in [1.29, 1.82) is 0 Å². The van der Waals surface area contributed by atoms with Gasteiger partial charge in [0.2, 0.25) is 11.8 Å². The van der Waals surface area contributed by atoms with Crippen LogP contribution in [0.25, 0.3) is 0 Å². The molecular weight excluding hydrogens is 638 g/mol. The molecule has 0 bridgehead atoms. The number of carbonyl (C=O) groups is 2. The molecule has 0 spiro atoms. The number of amides is 2. The molecule has 47 heavy (non-hydrogen) atoms. The zero-order chi connectivity index (χ0) is 34.0. The molecule has 11 heteroatoms. The van der Waals surface area contributed by atoms with Crippen LogP contribution < -0.4 is 19.1 Å². The van der Waals surface area contributed by atoms with Crippen molar-refractivity contribution in [3.8, 4) is 11.5 Å². The Balaban J connectivity index is 1.80. The number of nitrogens with one attached hydrogen (secondary N) is 1. The van der Waals surface area contributed by atoms with Crippen molar-refractivity contribution < 1.29 is 27.5 Å². The summed E-state index contributed by atoms with van der Waals surface area (Å²) in [7, 11) is -1.23. The van der Waals surface area contributed by atoms with E-state index in [-0.39, 0.29) is 35.4 Å². The number of ether oxygens (including phenoxy) is 2. The minimum absolute atomic E-state index is 0.0275. The first kappa shape index (κ1) is 35.3. The van der Waals surface area contributed by atoms with Gasteiger partial charge in [0.05, 0.1) is 24.8 Å². The van der Waals surface area contributed by atoms with E-state index in [0.717, 1.165) is 9.87 Å². The van der Waals surface area contributed by atoms with Gasteiger partial charge in [-0.25, -0.2) is 8.42 Å². The van der Waals surface area contributed by atoms with Gasteiger partial charge in [-0.05, 0) is 77.7 Å². The summed E-state index contributed by atoms with van der Waals surface area (Å²) in [6.45, 7) is 3.83. The second-order valence-corrected chi connectivity index (χ2v) is 13.7. The van der Waals surface area contributed by atoms with Crippen molar-refractivity contribution in [3.63, 3.8) is 0 Å². The van der Waals surface area contributed by atoms with Crippen LogP contribution in [-0.2, 0) is 32.6 Å². The van der Waals surface area contributed by atoms with E-state index in [1.165, 1.54) is 24.1 Å². The molecule has 9 nitrogen and oxygen atoms in total. The summed E-state index contributed by atoms with van der Waals surface area (Å²) in [6.07, 6.45) is 0.215. The fourth-order valence-electron chi connectivity index (χ4n) is 4.96. The van der Waals surface area contributed by atoms with Crippen LogP contribution in [0.1, 0.15) is 25.0 Å². The zero-order valence-corrected chi connectivity index (χ0v) is 28.5. The molecule has 1 atom stereocenters. The van der Waals surface area contributed by atoms with Crippen LogP contribution in [0.3, 0.4) is 0 Å². The molecule has 0 aliphatic carbocycles. The second kappa shape index (κ2) is 16.3. The van der Waals surface area contributed by atoms with E-state index in [9.17, 15) is 18.0 Å². The van der Waals surface area contributed by atoms with E-state index >= 15 is 0 Å². The topological polar surface area (TPSA) is 105 Å². The van der Waals surface area contributed by atoms with Gasteiger partial charge in [0, 0.05) is 24.5 Å². The Labute approximate surface area is 282 Å². The Morgan fingerprint density at radius 1 is 0.809 bits per heavy atom. The summed E-state index contributed by atoms with van der Waals surface area (Å²) in [5.41, 5.74) is 1.80. The van der Waals surface area contributed by atoms with Crippen LogP contribution in [0.4, 0.5) is 5.69 Å². The lowest BCUT2D eigenvalue weighted by Gasteiger charge is -2.34. The van der Waals surface area contributed by atoms with Crippen molar-refractivity contribution in [3.05, 3.63) is 119 Å². The van der Waals surface area contributed by atoms with Crippen LogP contribution in [0.15, 0.2) is 108 Å². The van der Waals surface area contributed by atoms with E-state index in [1.54, 1.807) is 61.7 Å². The highest BCUT2D eigenvalue weighted by Gasteiger charge is 2.34. The number of nitrogens with zero attached hydrogens (tertiary/aromatic N) is 2. The highest BCUT2D eigenvalue weighted by Crippen LogP contribution is 2.28. The van der Waals surface area contributed by atoms with Gasteiger partial charge in [0.1, 0.15) is 24.1 Å². The normalized spacial score (nSPS) is 11.9. The molecule has 0 heterocycles. The molecule has 4 aromatic rings. The van der Waals surface area contributed by atoms with Crippen LogP contribution >= 0.6 is 11.6 Å². The van der Waals surface area contributed by atoms with Gasteiger partial charge >= 0.3 is 0 Å². The Bertz CT molecular complexity index is 1730. The maximum absolute atomic E-state index is 14.6. The first-order valence-corrected chi connectivity index (χ1v) is 17.0. The molecule has 4 aromatic carbocycles. The Kier molecular flexibility index (Phi) is 12.3. The molecule has 0 fully saturated rings. The van der Waals surface area contributed by atoms with E-state index in [4.69, 9.17) is 21.1 Å². The van der Waals surface area contributed by atoms with Crippen molar-refractivity contribution in [2.45, 2.75) is 37.8 Å². The lowest BCUT2D eigenvalue weighted by molar-refractivity contribution is -0.140. The molecule has 0 unspecified atom stereocenters. The monoisotopic (exact) mass is 677 g/mol.